The number of aliphatic hydroxyl groups is 1. The maximum atomic E-state index is 10.4. The first-order valence-electron chi connectivity index (χ1n) is 8.24. The van der Waals surface area contributed by atoms with Crippen LogP contribution in [0.3, 0.4) is 0 Å². The van der Waals surface area contributed by atoms with Crippen molar-refractivity contribution in [2.24, 2.45) is 0 Å². The molecule has 25 heavy (non-hydrogen) atoms. The molecule has 1 heterocycles. The highest BCUT2D eigenvalue weighted by molar-refractivity contribution is 5.73. The number of aryl methyl sites for hydroxylation is 2. The van der Waals surface area contributed by atoms with Crippen LogP contribution in [0, 0.1) is 6.92 Å². The highest BCUT2D eigenvalue weighted by Gasteiger charge is 2.22. The Labute approximate surface area is 154 Å². The number of benzene rings is 2. The third-order valence-corrected chi connectivity index (χ3v) is 4.16. The van der Waals surface area contributed by atoms with E-state index in [1.54, 1.807) is 0 Å². The molecule has 0 aliphatic heterocycles. The van der Waals surface area contributed by atoms with E-state index in [-0.39, 0.29) is 19.0 Å². The first-order chi connectivity index (χ1) is 11.6. The van der Waals surface area contributed by atoms with E-state index in [4.69, 9.17) is 10.5 Å². The molecule has 2 aromatic carbocycles. The zero-order valence-electron chi connectivity index (χ0n) is 14.5. The van der Waals surface area contributed by atoms with Crippen LogP contribution in [0.25, 0.3) is 11.0 Å². The molecule has 3 N–H and O–H groups in total. The molecule has 0 fully saturated rings. The van der Waals surface area contributed by atoms with Crippen molar-refractivity contribution in [1.29, 1.82) is 0 Å². The van der Waals surface area contributed by atoms with Crippen molar-refractivity contribution in [2.75, 3.05) is 12.3 Å². The topological polar surface area (TPSA) is 64.3 Å². The Hall–Kier alpha value is -2.24. The predicted octanol–water partition coefficient (Wildman–Crippen LogP) is -0.717. The third-order valence-electron chi connectivity index (χ3n) is 4.16. The number of anilines is 1. The van der Waals surface area contributed by atoms with Crippen LogP contribution in [-0.2, 0) is 13.1 Å². The van der Waals surface area contributed by atoms with Gasteiger partial charge in [-0.1, -0.05) is 24.3 Å². The maximum Gasteiger partial charge on any atom is 0.356 e. The number of para-hydroxylation sites is 2. The molecular weight excluding hydrogens is 338 g/mol. The second-order valence-corrected chi connectivity index (χ2v) is 5.98. The van der Waals surface area contributed by atoms with Gasteiger partial charge in [-0.05, 0) is 43.7 Å². The van der Waals surface area contributed by atoms with Gasteiger partial charge in [-0.15, -0.1) is 0 Å². The first-order valence-corrected chi connectivity index (χ1v) is 8.24. The molecule has 3 rings (SSSR count). The van der Waals surface area contributed by atoms with E-state index >= 15 is 0 Å². The monoisotopic (exact) mass is 361 g/mol. The Morgan fingerprint density at radius 3 is 2.68 bits per heavy atom. The summed E-state index contributed by atoms with van der Waals surface area (Å²) in [5.41, 5.74) is 9.50. The van der Waals surface area contributed by atoms with E-state index in [1.807, 2.05) is 64.6 Å². The highest BCUT2D eigenvalue weighted by Crippen LogP contribution is 2.16. The van der Waals surface area contributed by atoms with Gasteiger partial charge < -0.3 is 22.3 Å². The minimum absolute atomic E-state index is 0. The van der Waals surface area contributed by atoms with Crippen molar-refractivity contribution >= 4 is 17.0 Å². The maximum absolute atomic E-state index is 10.4. The van der Waals surface area contributed by atoms with Gasteiger partial charge in [0.05, 0.1) is 6.54 Å². The fraction of sp³-hybridized carbons (Fsp3) is 0.316. The van der Waals surface area contributed by atoms with Crippen LogP contribution < -0.4 is 27.4 Å². The molecule has 0 saturated carbocycles. The van der Waals surface area contributed by atoms with E-state index < -0.39 is 6.10 Å². The van der Waals surface area contributed by atoms with Crippen LogP contribution in [0.5, 0.6) is 5.75 Å². The lowest BCUT2D eigenvalue weighted by Crippen LogP contribution is -3.00. The standard InChI is InChI=1S/C19H23N3O2.ClH/c1-3-21-17-9-4-5-10-18(17)22(19(21)20)12-15(23)13-24-16-8-6-7-14(2)11-16;/h4-11,15,20,23H,3,12-13H2,1-2H3;1H. The Morgan fingerprint density at radius 1 is 1.20 bits per heavy atom. The molecule has 0 amide bonds. The average molecular weight is 362 g/mol. The summed E-state index contributed by atoms with van der Waals surface area (Å²) < 4.78 is 9.69. The summed E-state index contributed by atoms with van der Waals surface area (Å²) in [5.74, 6) is 1.41. The van der Waals surface area contributed by atoms with E-state index in [1.165, 1.54) is 0 Å². The van der Waals surface area contributed by atoms with Crippen LogP contribution >= 0.6 is 0 Å². The van der Waals surface area contributed by atoms with Gasteiger partial charge in [0, 0.05) is 0 Å². The van der Waals surface area contributed by atoms with Crippen molar-refractivity contribution in [3.63, 3.8) is 0 Å². The Balaban J connectivity index is 0.00000225. The summed E-state index contributed by atoms with van der Waals surface area (Å²) in [7, 11) is 0. The lowest BCUT2D eigenvalue weighted by molar-refractivity contribution is -0.665. The van der Waals surface area contributed by atoms with Crippen LogP contribution in [-0.4, -0.2) is 22.4 Å². The van der Waals surface area contributed by atoms with Gasteiger partial charge in [-0.25, -0.2) is 9.13 Å². The molecule has 0 bridgehead atoms. The average Bonchev–Trinajstić information content (AvgIpc) is 2.85. The van der Waals surface area contributed by atoms with Gasteiger partial charge in [-0.2, -0.15) is 0 Å². The lowest BCUT2D eigenvalue weighted by Gasteiger charge is -2.12. The number of aromatic nitrogens is 2. The minimum Gasteiger partial charge on any atom is -1.00 e. The van der Waals surface area contributed by atoms with Gasteiger partial charge in [0.2, 0.25) is 0 Å². The number of nitrogens with zero attached hydrogens (tertiary/aromatic N) is 2. The molecule has 6 heteroatoms. The fourth-order valence-corrected chi connectivity index (χ4v) is 3.00. The van der Waals surface area contributed by atoms with Crippen LogP contribution in [0.2, 0.25) is 0 Å². The number of hydrogen-bond acceptors (Lipinski definition) is 3. The minimum atomic E-state index is -0.645. The largest absolute Gasteiger partial charge is 1.00 e. The number of halogens is 1. The Morgan fingerprint density at radius 2 is 1.96 bits per heavy atom. The summed E-state index contributed by atoms with van der Waals surface area (Å²) in [6.07, 6.45) is -0.645. The molecule has 0 radical (unpaired) electrons. The number of fused-ring (bicyclic) bond motifs is 1. The summed E-state index contributed by atoms with van der Waals surface area (Å²) in [6.45, 7) is 5.48. The van der Waals surface area contributed by atoms with Crippen molar-refractivity contribution in [2.45, 2.75) is 33.0 Å². The third kappa shape index (κ3) is 4.06. The number of aliphatic hydroxyl groups excluding tert-OH is 1. The molecule has 0 aliphatic rings. The van der Waals surface area contributed by atoms with E-state index in [2.05, 4.69) is 6.92 Å². The van der Waals surface area contributed by atoms with E-state index in [9.17, 15) is 5.11 Å². The van der Waals surface area contributed by atoms with Crippen LogP contribution in [0.1, 0.15) is 12.5 Å². The number of nitrogens with two attached hydrogens (primary N) is 1. The number of rotatable bonds is 6. The van der Waals surface area contributed by atoms with E-state index in [0.717, 1.165) is 28.9 Å². The molecule has 3 aromatic rings. The second-order valence-electron chi connectivity index (χ2n) is 5.98. The zero-order chi connectivity index (χ0) is 17.1. The van der Waals surface area contributed by atoms with Crippen molar-refractivity contribution in [3.05, 3.63) is 54.1 Å². The summed E-state index contributed by atoms with van der Waals surface area (Å²) in [6, 6.07) is 15.8. The SMILES string of the molecule is CCn1c(N)[n+](CC(O)COc2cccc(C)c2)c2ccccc21.[Cl-]. The quantitative estimate of drug-likeness (QED) is 0.570. The molecule has 0 aliphatic carbocycles. The lowest BCUT2D eigenvalue weighted by atomic mass is 10.2. The highest BCUT2D eigenvalue weighted by atomic mass is 35.5. The van der Waals surface area contributed by atoms with Gasteiger partial charge in [0.1, 0.15) is 36.0 Å². The Kier molecular flexibility index (Phi) is 6.28. The molecule has 1 unspecified atom stereocenters. The predicted molar refractivity (Wildman–Crippen MR) is 94.9 cm³/mol. The number of hydrogen-bond donors (Lipinski definition) is 2. The van der Waals surface area contributed by atoms with Crippen molar-refractivity contribution < 1.29 is 26.8 Å². The number of imidazole rings is 1. The second kappa shape index (κ2) is 8.23. The molecule has 0 spiro atoms. The zero-order valence-corrected chi connectivity index (χ0v) is 15.3. The molecule has 0 saturated heterocycles. The van der Waals surface area contributed by atoms with Gasteiger partial charge in [-0.3, -0.25) is 5.73 Å². The summed E-state index contributed by atoms with van der Waals surface area (Å²) in [5, 5.41) is 10.4. The van der Waals surface area contributed by atoms with Gasteiger partial charge in [0.25, 0.3) is 0 Å². The molecule has 5 nitrogen and oxygen atoms in total. The van der Waals surface area contributed by atoms with Crippen LogP contribution in [0.15, 0.2) is 48.5 Å². The molecule has 1 atom stereocenters. The summed E-state index contributed by atoms with van der Waals surface area (Å²) in [4.78, 5) is 0. The molecular formula is C19H24ClN3O2. The first kappa shape index (κ1) is 19.1. The smallest absolute Gasteiger partial charge is 0.356 e. The van der Waals surface area contributed by atoms with Crippen molar-refractivity contribution in [1.82, 2.24) is 4.57 Å². The summed E-state index contributed by atoms with van der Waals surface area (Å²) >= 11 is 0. The Bertz CT molecular complexity index is 848. The molecule has 1 aromatic heterocycles. The van der Waals surface area contributed by atoms with Gasteiger partial charge in [0.15, 0.2) is 0 Å². The fourth-order valence-electron chi connectivity index (χ4n) is 3.00. The normalized spacial score (nSPS) is 12.0. The van der Waals surface area contributed by atoms with Crippen LogP contribution in [0.4, 0.5) is 5.95 Å². The van der Waals surface area contributed by atoms with E-state index in [0.29, 0.717) is 12.5 Å². The number of nitrogen functional groups attached to an aromatic ring is 1. The number of ether oxygens (including phenoxy) is 1. The molecule has 134 valence electrons. The van der Waals surface area contributed by atoms with Crippen molar-refractivity contribution in [3.8, 4) is 5.75 Å². The van der Waals surface area contributed by atoms with Gasteiger partial charge >= 0.3 is 5.95 Å².